The van der Waals surface area contributed by atoms with Crippen LogP contribution in [0.5, 0.6) is 0 Å². The van der Waals surface area contributed by atoms with Crippen molar-refractivity contribution < 1.29 is 19.1 Å². The maximum Gasteiger partial charge on any atom is 0.331 e. The van der Waals surface area contributed by atoms with Gasteiger partial charge in [-0.05, 0) is 12.8 Å². The normalized spacial score (nSPS) is 11.4. The molecule has 0 saturated heterocycles. The number of esters is 2. The largest absolute Gasteiger partial charge is 0.463 e. The first kappa shape index (κ1) is 42.7. The Balaban J connectivity index is 3.32. The maximum atomic E-state index is 11.8. The molecule has 0 aromatic carbocycles. The van der Waals surface area contributed by atoms with E-state index in [1.807, 2.05) is 0 Å². The molecule has 44 heavy (non-hydrogen) atoms. The Kier molecular flexibility index (Phi) is 36.7. The highest BCUT2D eigenvalue weighted by molar-refractivity contribution is 5.91. The van der Waals surface area contributed by atoms with E-state index in [9.17, 15) is 9.59 Å². The lowest BCUT2D eigenvalue weighted by atomic mass is 10.0. The van der Waals surface area contributed by atoms with Crippen LogP contribution in [0, 0.1) is 0 Å². The van der Waals surface area contributed by atoms with Crippen molar-refractivity contribution in [3.63, 3.8) is 0 Å². The summed E-state index contributed by atoms with van der Waals surface area (Å²) in [4.78, 5) is 23.6. The fourth-order valence-corrected chi connectivity index (χ4v) is 5.88. The Morgan fingerprint density at radius 1 is 0.318 bits per heavy atom. The summed E-state index contributed by atoms with van der Waals surface area (Å²) in [6.07, 6.45) is 44.7. The third kappa shape index (κ3) is 36.9. The Morgan fingerprint density at radius 2 is 0.500 bits per heavy atom. The molecule has 0 aliphatic heterocycles. The first-order valence-electron chi connectivity index (χ1n) is 19.7. The summed E-state index contributed by atoms with van der Waals surface area (Å²) in [7, 11) is 0. The molecule has 0 fully saturated rings. The number of ether oxygens (including phenoxy) is 2. The molecular weight excluding hydrogens is 544 g/mol. The molecule has 0 rings (SSSR count). The molecule has 0 unspecified atom stereocenters. The molecule has 4 nitrogen and oxygen atoms in total. The summed E-state index contributed by atoms with van der Waals surface area (Å²) in [5.74, 6) is -0.907. The first-order chi connectivity index (χ1) is 21.7. The molecule has 0 N–H and O–H groups in total. The molecule has 0 radical (unpaired) electrons. The van der Waals surface area contributed by atoms with Gasteiger partial charge in [-0.1, -0.05) is 206 Å². The summed E-state index contributed by atoms with van der Waals surface area (Å²) in [5, 5.41) is 0. The van der Waals surface area contributed by atoms with Gasteiger partial charge in [0.15, 0.2) is 0 Å². The summed E-state index contributed by atoms with van der Waals surface area (Å²) in [6, 6.07) is 0. The molecule has 0 saturated carbocycles. The predicted molar refractivity (Wildman–Crippen MR) is 190 cm³/mol. The van der Waals surface area contributed by atoms with Crippen molar-refractivity contribution in [1.82, 2.24) is 0 Å². The topological polar surface area (TPSA) is 52.6 Å². The van der Waals surface area contributed by atoms with Crippen LogP contribution in [0.15, 0.2) is 12.2 Å². The van der Waals surface area contributed by atoms with E-state index in [1.54, 1.807) is 0 Å². The minimum absolute atomic E-state index is 0.426. The molecule has 0 aromatic heterocycles. The van der Waals surface area contributed by atoms with Crippen LogP contribution < -0.4 is 0 Å². The molecule has 0 aromatic rings. The zero-order valence-electron chi connectivity index (χ0n) is 29.8. The van der Waals surface area contributed by atoms with Crippen molar-refractivity contribution >= 4 is 11.9 Å². The second-order valence-electron chi connectivity index (χ2n) is 13.3. The molecule has 0 heterocycles. The van der Waals surface area contributed by atoms with Crippen LogP contribution in [0.1, 0.15) is 219 Å². The molecule has 0 amide bonds. The van der Waals surface area contributed by atoms with E-state index in [2.05, 4.69) is 13.8 Å². The van der Waals surface area contributed by atoms with Crippen LogP contribution in [0.3, 0.4) is 0 Å². The molecule has 260 valence electrons. The second kappa shape index (κ2) is 37.9. The molecule has 4 heteroatoms. The predicted octanol–water partition coefficient (Wildman–Crippen LogP) is 13.2. The van der Waals surface area contributed by atoms with E-state index in [0.717, 1.165) is 25.7 Å². The molecule has 0 aliphatic carbocycles. The van der Waals surface area contributed by atoms with Crippen molar-refractivity contribution in [2.75, 3.05) is 13.2 Å². The van der Waals surface area contributed by atoms with Gasteiger partial charge in [-0.15, -0.1) is 0 Å². The summed E-state index contributed by atoms with van der Waals surface area (Å²) in [6.45, 7) is 5.41. The number of hydrogen-bond donors (Lipinski definition) is 0. The smallest absolute Gasteiger partial charge is 0.331 e. The Hall–Kier alpha value is -1.32. The highest BCUT2D eigenvalue weighted by Gasteiger charge is 2.02. The van der Waals surface area contributed by atoms with Gasteiger partial charge in [-0.3, -0.25) is 0 Å². The molecule has 0 atom stereocenters. The lowest BCUT2D eigenvalue weighted by molar-refractivity contribution is -0.140. The third-order valence-electron chi connectivity index (χ3n) is 8.84. The SMILES string of the molecule is CCCCCCCCCCCCCCCCCCOC(=O)/C=C/C(=O)OCCCCCCCCCCCCCCCCCC. The van der Waals surface area contributed by atoms with Crippen molar-refractivity contribution in [2.45, 2.75) is 219 Å². The Bertz CT molecular complexity index is 562. The minimum Gasteiger partial charge on any atom is -0.463 e. The zero-order chi connectivity index (χ0) is 32.0. The number of unbranched alkanes of at least 4 members (excludes halogenated alkanes) is 30. The van der Waals surface area contributed by atoms with Crippen LogP contribution in [-0.4, -0.2) is 25.2 Å². The van der Waals surface area contributed by atoms with E-state index in [-0.39, 0.29) is 0 Å². The van der Waals surface area contributed by atoms with E-state index in [4.69, 9.17) is 9.47 Å². The van der Waals surface area contributed by atoms with Crippen LogP contribution in [0.25, 0.3) is 0 Å². The maximum absolute atomic E-state index is 11.8. The number of hydrogen-bond acceptors (Lipinski definition) is 4. The van der Waals surface area contributed by atoms with Gasteiger partial charge in [0.2, 0.25) is 0 Å². The van der Waals surface area contributed by atoms with Crippen molar-refractivity contribution in [1.29, 1.82) is 0 Å². The quantitative estimate of drug-likeness (QED) is 0.0397. The Labute approximate surface area is 275 Å². The summed E-state index contributed by atoms with van der Waals surface area (Å²) < 4.78 is 10.4. The van der Waals surface area contributed by atoms with E-state index < -0.39 is 11.9 Å². The van der Waals surface area contributed by atoms with Gasteiger partial charge in [-0.25, -0.2) is 9.59 Å². The Morgan fingerprint density at radius 3 is 0.705 bits per heavy atom. The van der Waals surface area contributed by atoms with Gasteiger partial charge in [-0.2, -0.15) is 0 Å². The number of carbonyl (C=O) groups is 2. The number of rotatable bonds is 36. The lowest BCUT2D eigenvalue weighted by Crippen LogP contribution is -2.06. The van der Waals surface area contributed by atoms with Gasteiger partial charge in [0.05, 0.1) is 13.2 Å². The molecule has 0 bridgehead atoms. The highest BCUT2D eigenvalue weighted by Crippen LogP contribution is 2.15. The number of carbonyl (C=O) groups excluding carboxylic acids is 2. The highest BCUT2D eigenvalue weighted by atomic mass is 16.5. The fourth-order valence-electron chi connectivity index (χ4n) is 5.88. The van der Waals surface area contributed by atoms with Gasteiger partial charge in [0, 0.05) is 12.2 Å². The average Bonchev–Trinajstić information content (AvgIpc) is 3.03. The second-order valence-corrected chi connectivity index (χ2v) is 13.3. The summed E-state index contributed by atoms with van der Waals surface area (Å²) >= 11 is 0. The van der Waals surface area contributed by atoms with Crippen molar-refractivity contribution in [2.24, 2.45) is 0 Å². The summed E-state index contributed by atoms with van der Waals surface area (Å²) in [5.41, 5.74) is 0. The van der Waals surface area contributed by atoms with Crippen LogP contribution >= 0.6 is 0 Å². The molecule has 0 aliphatic rings. The zero-order valence-corrected chi connectivity index (χ0v) is 29.8. The van der Waals surface area contributed by atoms with Crippen molar-refractivity contribution in [3.8, 4) is 0 Å². The average molecular weight is 621 g/mol. The monoisotopic (exact) mass is 621 g/mol. The van der Waals surface area contributed by atoms with Gasteiger partial charge in [0.1, 0.15) is 0 Å². The van der Waals surface area contributed by atoms with Crippen LogP contribution in [0.4, 0.5) is 0 Å². The standard InChI is InChI=1S/C40H76O4/c1-3-5-7-9-11-13-15-17-19-21-23-25-27-29-31-33-37-43-39(41)35-36-40(42)44-38-34-32-30-28-26-24-22-20-18-16-14-12-10-8-6-4-2/h35-36H,3-34,37-38H2,1-2H3/b36-35+. The van der Waals surface area contributed by atoms with E-state index in [1.165, 1.54) is 192 Å². The van der Waals surface area contributed by atoms with Gasteiger partial charge in [0.25, 0.3) is 0 Å². The third-order valence-corrected chi connectivity index (χ3v) is 8.84. The fraction of sp³-hybridized carbons (Fsp3) is 0.900. The van der Waals surface area contributed by atoms with Gasteiger partial charge >= 0.3 is 11.9 Å². The lowest BCUT2D eigenvalue weighted by Gasteiger charge is -2.04. The van der Waals surface area contributed by atoms with Gasteiger partial charge < -0.3 is 9.47 Å². The molecular formula is C40H76O4. The minimum atomic E-state index is -0.453. The van der Waals surface area contributed by atoms with E-state index >= 15 is 0 Å². The van der Waals surface area contributed by atoms with Crippen LogP contribution in [-0.2, 0) is 19.1 Å². The van der Waals surface area contributed by atoms with E-state index in [0.29, 0.717) is 13.2 Å². The first-order valence-corrected chi connectivity index (χ1v) is 19.7. The van der Waals surface area contributed by atoms with Crippen molar-refractivity contribution in [3.05, 3.63) is 12.2 Å². The molecule has 0 spiro atoms. The van der Waals surface area contributed by atoms with Crippen LogP contribution in [0.2, 0.25) is 0 Å².